The smallest absolute Gasteiger partial charge is 0.130 e. The summed E-state index contributed by atoms with van der Waals surface area (Å²) in [4.78, 5) is 0. The molecular formula is C9H11F2N. The Morgan fingerprint density at radius 2 is 1.75 bits per heavy atom. The van der Waals surface area contributed by atoms with Crippen molar-refractivity contribution in [1.82, 2.24) is 5.32 Å². The van der Waals surface area contributed by atoms with E-state index in [1.54, 1.807) is 14.0 Å². The Bertz CT molecular complexity index is 253. The summed E-state index contributed by atoms with van der Waals surface area (Å²) in [6.07, 6.45) is 0. The van der Waals surface area contributed by atoms with Gasteiger partial charge in [-0.1, -0.05) is 6.07 Å². The van der Waals surface area contributed by atoms with Crippen LogP contribution in [0.3, 0.4) is 0 Å². The van der Waals surface area contributed by atoms with E-state index in [1.165, 1.54) is 18.2 Å². The van der Waals surface area contributed by atoms with Crippen molar-refractivity contribution in [3.05, 3.63) is 35.4 Å². The zero-order valence-electron chi connectivity index (χ0n) is 7.07. The van der Waals surface area contributed by atoms with Crippen LogP contribution in [0.2, 0.25) is 0 Å². The van der Waals surface area contributed by atoms with Gasteiger partial charge in [-0.05, 0) is 26.1 Å². The lowest BCUT2D eigenvalue weighted by Crippen LogP contribution is -2.15. The molecule has 0 saturated carbocycles. The van der Waals surface area contributed by atoms with E-state index >= 15 is 0 Å². The lowest BCUT2D eigenvalue weighted by Gasteiger charge is -2.11. The van der Waals surface area contributed by atoms with Gasteiger partial charge in [0, 0.05) is 11.6 Å². The van der Waals surface area contributed by atoms with Crippen molar-refractivity contribution >= 4 is 0 Å². The van der Waals surface area contributed by atoms with Gasteiger partial charge in [-0.25, -0.2) is 8.78 Å². The van der Waals surface area contributed by atoms with E-state index in [1.807, 2.05) is 0 Å². The Labute approximate surface area is 70.4 Å². The van der Waals surface area contributed by atoms with Crippen LogP contribution < -0.4 is 5.32 Å². The molecule has 0 radical (unpaired) electrons. The van der Waals surface area contributed by atoms with E-state index in [0.29, 0.717) is 0 Å². The standard InChI is InChI=1S/C9H11F2N/c1-6(12-2)9-7(10)4-3-5-8(9)11/h3-6,12H,1-2H3/t6-/m1/s1. The van der Waals surface area contributed by atoms with Crippen molar-refractivity contribution < 1.29 is 8.78 Å². The van der Waals surface area contributed by atoms with Gasteiger partial charge in [-0.15, -0.1) is 0 Å². The predicted octanol–water partition coefficient (Wildman–Crippen LogP) is 2.25. The maximum absolute atomic E-state index is 13.0. The van der Waals surface area contributed by atoms with E-state index in [9.17, 15) is 8.78 Å². The summed E-state index contributed by atoms with van der Waals surface area (Å²) >= 11 is 0. The average Bonchev–Trinajstić information content (AvgIpc) is 2.03. The zero-order valence-corrected chi connectivity index (χ0v) is 7.07. The quantitative estimate of drug-likeness (QED) is 0.719. The Balaban J connectivity index is 3.12. The molecule has 0 aliphatic carbocycles. The van der Waals surface area contributed by atoms with Crippen molar-refractivity contribution in [2.45, 2.75) is 13.0 Å². The topological polar surface area (TPSA) is 12.0 Å². The highest BCUT2D eigenvalue weighted by atomic mass is 19.1. The lowest BCUT2D eigenvalue weighted by atomic mass is 10.1. The van der Waals surface area contributed by atoms with Crippen LogP contribution in [0.1, 0.15) is 18.5 Å². The van der Waals surface area contributed by atoms with Crippen LogP contribution in [0.15, 0.2) is 18.2 Å². The zero-order chi connectivity index (χ0) is 9.14. The van der Waals surface area contributed by atoms with Gasteiger partial charge < -0.3 is 5.32 Å². The molecule has 0 amide bonds. The molecule has 0 saturated heterocycles. The molecule has 1 aromatic rings. The number of hydrogen-bond acceptors (Lipinski definition) is 1. The fourth-order valence-electron chi connectivity index (χ4n) is 1.07. The van der Waals surface area contributed by atoms with Gasteiger partial charge in [-0.3, -0.25) is 0 Å². The molecule has 0 fully saturated rings. The van der Waals surface area contributed by atoms with E-state index in [0.717, 1.165) is 0 Å². The van der Waals surface area contributed by atoms with Gasteiger partial charge in [0.05, 0.1) is 0 Å². The minimum atomic E-state index is -0.503. The van der Waals surface area contributed by atoms with Crippen LogP contribution in [0.25, 0.3) is 0 Å². The summed E-state index contributed by atoms with van der Waals surface area (Å²) in [5.74, 6) is -1.01. The molecule has 0 spiro atoms. The second-order valence-corrected chi connectivity index (χ2v) is 2.65. The van der Waals surface area contributed by atoms with E-state index in [2.05, 4.69) is 5.32 Å². The highest BCUT2D eigenvalue weighted by Gasteiger charge is 2.13. The number of hydrogen-bond donors (Lipinski definition) is 1. The second kappa shape index (κ2) is 3.63. The van der Waals surface area contributed by atoms with Gasteiger partial charge in [0.25, 0.3) is 0 Å². The predicted molar refractivity (Wildman–Crippen MR) is 43.8 cm³/mol. The average molecular weight is 171 g/mol. The Kier molecular flexibility index (Phi) is 2.76. The molecule has 1 rings (SSSR count). The highest BCUT2D eigenvalue weighted by Crippen LogP contribution is 2.19. The molecule has 1 N–H and O–H groups in total. The SMILES string of the molecule is CN[C@H](C)c1c(F)cccc1F. The van der Waals surface area contributed by atoms with Crippen molar-refractivity contribution in [3.63, 3.8) is 0 Å². The van der Waals surface area contributed by atoms with Gasteiger partial charge >= 0.3 is 0 Å². The Morgan fingerprint density at radius 1 is 1.25 bits per heavy atom. The molecule has 12 heavy (non-hydrogen) atoms. The van der Waals surface area contributed by atoms with Crippen LogP contribution >= 0.6 is 0 Å². The van der Waals surface area contributed by atoms with Crippen molar-refractivity contribution in [1.29, 1.82) is 0 Å². The largest absolute Gasteiger partial charge is 0.313 e. The van der Waals surface area contributed by atoms with Crippen molar-refractivity contribution in [3.8, 4) is 0 Å². The molecule has 66 valence electrons. The first-order valence-corrected chi connectivity index (χ1v) is 3.78. The third kappa shape index (κ3) is 1.61. The fraction of sp³-hybridized carbons (Fsp3) is 0.333. The van der Waals surface area contributed by atoms with Gasteiger partial charge in [0.2, 0.25) is 0 Å². The molecule has 1 aromatic carbocycles. The molecule has 1 nitrogen and oxygen atoms in total. The Hall–Kier alpha value is -0.960. The molecule has 0 bridgehead atoms. The number of rotatable bonds is 2. The molecule has 0 aliphatic heterocycles. The van der Waals surface area contributed by atoms with Gasteiger partial charge in [0.15, 0.2) is 0 Å². The molecule has 0 heterocycles. The molecule has 3 heteroatoms. The highest BCUT2D eigenvalue weighted by molar-refractivity contribution is 5.22. The maximum Gasteiger partial charge on any atom is 0.130 e. The summed E-state index contributed by atoms with van der Waals surface area (Å²) in [6, 6.07) is 3.57. The van der Waals surface area contributed by atoms with Crippen LogP contribution in [0.5, 0.6) is 0 Å². The minimum Gasteiger partial charge on any atom is -0.313 e. The first-order chi connectivity index (χ1) is 5.66. The molecule has 0 aliphatic rings. The summed E-state index contributed by atoms with van der Waals surface area (Å²) in [7, 11) is 1.66. The molecule has 0 aromatic heterocycles. The fourth-order valence-corrected chi connectivity index (χ4v) is 1.07. The monoisotopic (exact) mass is 171 g/mol. The second-order valence-electron chi connectivity index (χ2n) is 2.65. The van der Waals surface area contributed by atoms with Gasteiger partial charge in [0.1, 0.15) is 11.6 Å². The van der Waals surface area contributed by atoms with Gasteiger partial charge in [-0.2, -0.15) is 0 Å². The number of benzene rings is 1. The first kappa shape index (κ1) is 9.13. The van der Waals surface area contributed by atoms with Crippen molar-refractivity contribution in [2.24, 2.45) is 0 Å². The molecule has 1 atom stereocenters. The summed E-state index contributed by atoms with van der Waals surface area (Å²) in [6.45, 7) is 1.71. The third-order valence-corrected chi connectivity index (χ3v) is 1.87. The summed E-state index contributed by atoms with van der Waals surface area (Å²) in [5, 5.41) is 2.78. The summed E-state index contributed by atoms with van der Waals surface area (Å²) < 4.78 is 26.0. The van der Waals surface area contributed by atoms with E-state index in [-0.39, 0.29) is 11.6 Å². The lowest BCUT2D eigenvalue weighted by molar-refractivity contribution is 0.510. The van der Waals surface area contributed by atoms with Crippen molar-refractivity contribution in [2.75, 3.05) is 7.05 Å². The van der Waals surface area contributed by atoms with Crippen LogP contribution in [0.4, 0.5) is 8.78 Å². The maximum atomic E-state index is 13.0. The first-order valence-electron chi connectivity index (χ1n) is 3.78. The van der Waals surface area contributed by atoms with Crippen LogP contribution in [0, 0.1) is 11.6 Å². The number of nitrogens with one attached hydrogen (secondary N) is 1. The van der Waals surface area contributed by atoms with Crippen LogP contribution in [-0.4, -0.2) is 7.05 Å². The molecular weight excluding hydrogens is 160 g/mol. The summed E-state index contributed by atoms with van der Waals surface area (Å²) in [5.41, 5.74) is 0.0972. The number of halogens is 2. The van der Waals surface area contributed by atoms with E-state index in [4.69, 9.17) is 0 Å². The third-order valence-electron chi connectivity index (χ3n) is 1.87. The normalized spacial score (nSPS) is 13.0. The Morgan fingerprint density at radius 3 is 2.17 bits per heavy atom. The van der Waals surface area contributed by atoms with Crippen LogP contribution in [-0.2, 0) is 0 Å². The minimum absolute atomic E-state index is 0.0972. The van der Waals surface area contributed by atoms with E-state index < -0.39 is 11.6 Å². The molecule has 0 unspecified atom stereocenters.